The van der Waals surface area contributed by atoms with E-state index in [9.17, 15) is 9.59 Å². The molecule has 2 N–H and O–H groups in total. The van der Waals surface area contributed by atoms with E-state index in [-0.39, 0.29) is 24.9 Å². The van der Waals surface area contributed by atoms with E-state index in [0.29, 0.717) is 21.3 Å². The molecular formula is C17H14Cl2N4O2. The van der Waals surface area contributed by atoms with Crippen molar-refractivity contribution in [3.63, 3.8) is 0 Å². The van der Waals surface area contributed by atoms with E-state index in [1.165, 1.54) is 6.07 Å². The third-order valence-electron chi connectivity index (χ3n) is 3.43. The van der Waals surface area contributed by atoms with Crippen molar-refractivity contribution in [2.24, 2.45) is 0 Å². The Morgan fingerprint density at radius 2 is 1.88 bits per heavy atom. The molecule has 0 aliphatic carbocycles. The van der Waals surface area contributed by atoms with Gasteiger partial charge in [-0.15, -0.1) is 0 Å². The summed E-state index contributed by atoms with van der Waals surface area (Å²) in [4.78, 5) is 28.2. The molecule has 2 amide bonds. The van der Waals surface area contributed by atoms with Gasteiger partial charge in [0.1, 0.15) is 5.65 Å². The van der Waals surface area contributed by atoms with Gasteiger partial charge in [-0.05, 0) is 30.3 Å². The lowest BCUT2D eigenvalue weighted by Gasteiger charge is -2.06. The number of amides is 2. The first-order valence-corrected chi connectivity index (χ1v) is 8.20. The molecule has 0 bridgehead atoms. The summed E-state index contributed by atoms with van der Waals surface area (Å²) < 4.78 is 1.78. The van der Waals surface area contributed by atoms with Crippen molar-refractivity contribution < 1.29 is 9.59 Å². The normalized spacial score (nSPS) is 10.6. The van der Waals surface area contributed by atoms with Crippen molar-refractivity contribution in [3.05, 3.63) is 70.1 Å². The van der Waals surface area contributed by atoms with Gasteiger partial charge in [0.15, 0.2) is 0 Å². The summed E-state index contributed by atoms with van der Waals surface area (Å²) in [5.74, 6) is -0.675. The molecule has 8 heteroatoms. The molecule has 0 aliphatic rings. The molecule has 0 atom stereocenters. The minimum absolute atomic E-state index is 0.134. The zero-order valence-corrected chi connectivity index (χ0v) is 14.5. The molecule has 1 aromatic carbocycles. The standard InChI is InChI=1S/C17H14Cl2N4O2/c18-12-3-1-2-11(6-12)17(25)21-8-16(24)20-7-14-10-23-9-13(19)4-5-15(23)22-14/h1-6,9-10H,7-8H2,(H,20,24)(H,21,25). The molecule has 0 radical (unpaired) electrons. The fraction of sp³-hybridized carbons (Fsp3) is 0.118. The van der Waals surface area contributed by atoms with Gasteiger partial charge in [0.2, 0.25) is 5.91 Å². The smallest absolute Gasteiger partial charge is 0.251 e. The molecule has 3 aromatic rings. The van der Waals surface area contributed by atoms with Gasteiger partial charge >= 0.3 is 0 Å². The van der Waals surface area contributed by atoms with Gasteiger partial charge in [-0.1, -0.05) is 29.3 Å². The largest absolute Gasteiger partial charge is 0.349 e. The first-order chi connectivity index (χ1) is 12.0. The SMILES string of the molecule is O=C(CNC(=O)c1cccc(Cl)c1)NCc1cn2cc(Cl)ccc2n1. The lowest BCUT2D eigenvalue weighted by molar-refractivity contribution is -0.120. The van der Waals surface area contributed by atoms with E-state index in [4.69, 9.17) is 23.2 Å². The Labute approximate surface area is 153 Å². The minimum Gasteiger partial charge on any atom is -0.349 e. The van der Waals surface area contributed by atoms with E-state index in [2.05, 4.69) is 15.6 Å². The maximum atomic E-state index is 11.9. The number of benzene rings is 1. The highest BCUT2D eigenvalue weighted by atomic mass is 35.5. The number of rotatable bonds is 5. The maximum Gasteiger partial charge on any atom is 0.251 e. The highest BCUT2D eigenvalue weighted by Crippen LogP contribution is 2.12. The van der Waals surface area contributed by atoms with Crippen LogP contribution in [-0.4, -0.2) is 27.7 Å². The molecule has 0 spiro atoms. The number of nitrogens with one attached hydrogen (secondary N) is 2. The Balaban J connectivity index is 1.51. The number of carbonyl (C=O) groups is 2. The topological polar surface area (TPSA) is 75.5 Å². The lowest BCUT2D eigenvalue weighted by atomic mass is 10.2. The number of nitrogens with zero attached hydrogens (tertiary/aromatic N) is 2. The van der Waals surface area contributed by atoms with Gasteiger partial charge in [0.25, 0.3) is 5.91 Å². The second kappa shape index (κ2) is 7.55. The van der Waals surface area contributed by atoms with Crippen LogP contribution in [0, 0.1) is 0 Å². The Bertz CT molecular complexity index is 939. The summed E-state index contributed by atoms with van der Waals surface area (Å²) in [6, 6.07) is 10.0. The lowest BCUT2D eigenvalue weighted by Crippen LogP contribution is -2.36. The van der Waals surface area contributed by atoms with E-state index < -0.39 is 0 Å². The molecule has 128 valence electrons. The number of carbonyl (C=O) groups excluding carboxylic acids is 2. The van der Waals surface area contributed by atoms with Crippen molar-refractivity contribution in [3.8, 4) is 0 Å². The summed E-state index contributed by atoms with van der Waals surface area (Å²) >= 11 is 11.8. The van der Waals surface area contributed by atoms with Crippen molar-refractivity contribution in [2.45, 2.75) is 6.54 Å². The van der Waals surface area contributed by atoms with Crippen LogP contribution in [0.1, 0.15) is 16.1 Å². The van der Waals surface area contributed by atoms with Gasteiger partial charge in [0, 0.05) is 23.0 Å². The minimum atomic E-state index is -0.361. The van der Waals surface area contributed by atoms with Gasteiger partial charge < -0.3 is 15.0 Å². The van der Waals surface area contributed by atoms with E-state index in [1.807, 2.05) is 0 Å². The highest BCUT2D eigenvalue weighted by molar-refractivity contribution is 6.31. The Morgan fingerprint density at radius 1 is 1.04 bits per heavy atom. The molecule has 0 unspecified atom stereocenters. The van der Waals surface area contributed by atoms with Gasteiger partial charge in [0.05, 0.1) is 23.8 Å². The van der Waals surface area contributed by atoms with Crippen LogP contribution in [0.15, 0.2) is 48.8 Å². The van der Waals surface area contributed by atoms with Crippen LogP contribution in [0.3, 0.4) is 0 Å². The molecule has 0 saturated carbocycles. The molecule has 0 fully saturated rings. The second-order valence-electron chi connectivity index (χ2n) is 5.31. The quantitative estimate of drug-likeness (QED) is 0.718. The van der Waals surface area contributed by atoms with Crippen LogP contribution >= 0.6 is 23.2 Å². The zero-order valence-electron chi connectivity index (χ0n) is 13.0. The molecule has 25 heavy (non-hydrogen) atoms. The number of aromatic nitrogens is 2. The molecule has 0 aliphatic heterocycles. The summed E-state index contributed by atoms with van der Waals surface area (Å²) in [6.07, 6.45) is 3.52. The Morgan fingerprint density at radius 3 is 2.68 bits per heavy atom. The summed E-state index contributed by atoms with van der Waals surface area (Å²) in [5.41, 5.74) is 1.83. The van der Waals surface area contributed by atoms with E-state index in [1.54, 1.807) is 47.1 Å². The van der Waals surface area contributed by atoms with Crippen molar-refractivity contribution in [2.75, 3.05) is 6.54 Å². The van der Waals surface area contributed by atoms with E-state index in [0.717, 1.165) is 5.65 Å². The fourth-order valence-electron chi connectivity index (χ4n) is 2.25. The second-order valence-corrected chi connectivity index (χ2v) is 6.19. The van der Waals surface area contributed by atoms with Crippen LogP contribution in [0.4, 0.5) is 0 Å². The number of imidazole rings is 1. The maximum absolute atomic E-state index is 11.9. The van der Waals surface area contributed by atoms with Gasteiger partial charge in [-0.3, -0.25) is 9.59 Å². The average molecular weight is 377 g/mol. The van der Waals surface area contributed by atoms with Crippen molar-refractivity contribution in [1.82, 2.24) is 20.0 Å². The summed E-state index contributed by atoms with van der Waals surface area (Å²) in [7, 11) is 0. The van der Waals surface area contributed by atoms with Gasteiger partial charge in [-0.25, -0.2) is 4.98 Å². The zero-order chi connectivity index (χ0) is 17.8. The Kier molecular flexibility index (Phi) is 5.21. The molecule has 2 heterocycles. The van der Waals surface area contributed by atoms with Crippen LogP contribution in [-0.2, 0) is 11.3 Å². The molecule has 6 nitrogen and oxygen atoms in total. The molecular weight excluding hydrogens is 363 g/mol. The number of hydrogen-bond acceptors (Lipinski definition) is 3. The first-order valence-electron chi connectivity index (χ1n) is 7.45. The Hall–Kier alpha value is -2.57. The molecule has 0 saturated heterocycles. The third kappa shape index (κ3) is 4.49. The number of pyridine rings is 1. The van der Waals surface area contributed by atoms with Crippen molar-refractivity contribution in [1.29, 1.82) is 0 Å². The number of halogens is 2. The summed E-state index contributed by atoms with van der Waals surface area (Å²) in [6.45, 7) is 0.121. The van der Waals surface area contributed by atoms with Crippen LogP contribution in [0.25, 0.3) is 5.65 Å². The molecule has 3 rings (SSSR count). The number of hydrogen-bond donors (Lipinski definition) is 2. The fourth-order valence-corrected chi connectivity index (χ4v) is 2.60. The van der Waals surface area contributed by atoms with E-state index >= 15 is 0 Å². The average Bonchev–Trinajstić information content (AvgIpc) is 2.99. The first kappa shape index (κ1) is 17.3. The number of fused-ring (bicyclic) bond motifs is 1. The highest BCUT2D eigenvalue weighted by Gasteiger charge is 2.09. The molecule has 2 aromatic heterocycles. The third-order valence-corrected chi connectivity index (χ3v) is 3.89. The summed E-state index contributed by atoms with van der Waals surface area (Å²) in [5, 5.41) is 6.31. The predicted octanol–water partition coefficient (Wildman–Crippen LogP) is 2.69. The van der Waals surface area contributed by atoms with Crippen LogP contribution in [0.5, 0.6) is 0 Å². The van der Waals surface area contributed by atoms with Crippen molar-refractivity contribution >= 4 is 40.7 Å². The monoisotopic (exact) mass is 376 g/mol. The van der Waals surface area contributed by atoms with Crippen LogP contribution < -0.4 is 10.6 Å². The predicted molar refractivity (Wildman–Crippen MR) is 95.8 cm³/mol. The van der Waals surface area contributed by atoms with Gasteiger partial charge in [-0.2, -0.15) is 0 Å². The van der Waals surface area contributed by atoms with Crippen LogP contribution in [0.2, 0.25) is 10.0 Å².